The van der Waals surface area contributed by atoms with E-state index in [9.17, 15) is 9.59 Å². The van der Waals surface area contributed by atoms with Gasteiger partial charge >= 0.3 is 6.09 Å². The number of cyclic esters (lactones) is 1. The number of nitrogens with zero attached hydrogens (tertiary/aromatic N) is 3. The van der Waals surface area contributed by atoms with Crippen LogP contribution < -0.4 is 4.90 Å². The van der Waals surface area contributed by atoms with Crippen molar-refractivity contribution in [2.45, 2.75) is 25.8 Å². The summed E-state index contributed by atoms with van der Waals surface area (Å²) in [5.41, 5.74) is 2.15. The highest BCUT2D eigenvalue weighted by atomic mass is 16.6. The Labute approximate surface area is 145 Å². The van der Waals surface area contributed by atoms with Gasteiger partial charge < -0.3 is 14.2 Å². The van der Waals surface area contributed by atoms with Crippen LogP contribution in [0, 0.1) is 6.92 Å². The van der Waals surface area contributed by atoms with Crippen molar-refractivity contribution in [3.8, 4) is 0 Å². The summed E-state index contributed by atoms with van der Waals surface area (Å²) in [5, 5.41) is 4.07. The number of aryl methyl sites for hydroxylation is 1. The van der Waals surface area contributed by atoms with E-state index < -0.39 is 0 Å². The molecule has 7 nitrogen and oxygen atoms in total. The SMILES string of the molecule is Cc1cc([C@H]2CCCN2C(=O)c2ccc(N3CCOC3=O)cc2)no1. The highest BCUT2D eigenvalue weighted by molar-refractivity contribution is 5.96. The third-order valence-corrected chi connectivity index (χ3v) is 4.69. The molecule has 2 aliphatic rings. The number of likely N-dealkylation sites (tertiary alicyclic amines) is 1. The fraction of sp³-hybridized carbons (Fsp3) is 0.389. The van der Waals surface area contributed by atoms with Gasteiger partial charge in [0.05, 0.1) is 12.6 Å². The van der Waals surface area contributed by atoms with E-state index in [1.165, 1.54) is 0 Å². The zero-order valence-corrected chi connectivity index (χ0v) is 14.0. The van der Waals surface area contributed by atoms with Crippen LogP contribution in [0.4, 0.5) is 10.5 Å². The van der Waals surface area contributed by atoms with Crippen molar-refractivity contribution in [2.75, 3.05) is 24.6 Å². The monoisotopic (exact) mass is 341 g/mol. The minimum atomic E-state index is -0.347. The Balaban J connectivity index is 1.53. The Hall–Kier alpha value is -2.83. The van der Waals surface area contributed by atoms with Gasteiger partial charge in [-0.1, -0.05) is 5.16 Å². The Morgan fingerprint density at radius 3 is 2.68 bits per heavy atom. The molecule has 0 aliphatic carbocycles. The molecule has 1 aromatic heterocycles. The summed E-state index contributed by atoms with van der Waals surface area (Å²) in [6.07, 6.45) is 1.48. The third-order valence-electron chi connectivity index (χ3n) is 4.69. The molecule has 0 saturated carbocycles. The minimum absolute atomic E-state index is 0.0290. The van der Waals surface area contributed by atoms with E-state index in [0.29, 0.717) is 25.3 Å². The number of amides is 2. The van der Waals surface area contributed by atoms with Crippen LogP contribution in [-0.2, 0) is 4.74 Å². The molecule has 7 heteroatoms. The molecule has 0 N–H and O–H groups in total. The van der Waals surface area contributed by atoms with Crippen LogP contribution in [0.3, 0.4) is 0 Å². The van der Waals surface area contributed by atoms with Crippen LogP contribution in [0.25, 0.3) is 0 Å². The fourth-order valence-electron chi connectivity index (χ4n) is 3.44. The van der Waals surface area contributed by atoms with Crippen LogP contribution in [-0.4, -0.2) is 41.8 Å². The van der Waals surface area contributed by atoms with Gasteiger partial charge in [-0.3, -0.25) is 9.69 Å². The van der Waals surface area contributed by atoms with E-state index in [2.05, 4.69) is 5.16 Å². The standard InChI is InChI=1S/C18H19N3O4/c1-12-11-15(19-25-12)16-3-2-8-21(16)17(22)13-4-6-14(7-5-13)20-9-10-24-18(20)23/h4-7,11,16H,2-3,8-10H2,1H3/t16-/m1/s1. The molecule has 130 valence electrons. The molecule has 0 bridgehead atoms. The molecule has 0 spiro atoms. The number of carbonyl (C=O) groups is 2. The molecular formula is C18H19N3O4. The second kappa shape index (κ2) is 6.23. The Kier molecular flexibility index (Phi) is 3.91. The van der Waals surface area contributed by atoms with Crippen LogP contribution >= 0.6 is 0 Å². The van der Waals surface area contributed by atoms with Gasteiger partial charge in [0.15, 0.2) is 0 Å². The van der Waals surface area contributed by atoms with Gasteiger partial charge in [-0.25, -0.2) is 4.79 Å². The normalized spacial score (nSPS) is 20.2. The van der Waals surface area contributed by atoms with Gasteiger partial charge in [-0.05, 0) is 44.0 Å². The number of anilines is 1. The van der Waals surface area contributed by atoms with E-state index in [1.54, 1.807) is 29.2 Å². The predicted molar refractivity (Wildman–Crippen MR) is 89.4 cm³/mol. The maximum atomic E-state index is 12.9. The molecule has 2 amide bonds. The maximum Gasteiger partial charge on any atom is 0.414 e. The molecule has 2 aliphatic heterocycles. The number of hydrogen-bond donors (Lipinski definition) is 0. The largest absolute Gasteiger partial charge is 0.447 e. The summed E-state index contributed by atoms with van der Waals surface area (Å²) >= 11 is 0. The van der Waals surface area contributed by atoms with Crippen molar-refractivity contribution in [3.05, 3.63) is 47.3 Å². The highest BCUT2D eigenvalue weighted by Gasteiger charge is 2.32. The van der Waals surface area contributed by atoms with Gasteiger partial charge in [-0.15, -0.1) is 0 Å². The predicted octanol–water partition coefficient (Wildman–Crippen LogP) is 2.92. The lowest BCUT2D eigenvalue weighted by atomic mass is 10.1. The zero-order valence-electron chi connectivity index (χ0n) is 14.0. The van der Waals surface area contributed by atoms with Crippen molar-refractivity contribution in [1.82, 2.24) is 10.1 Å². The molecule has 2 aromatic rings. The molecule has 0 radical (unpaired) electrons. The first-order chi connectivity index (χ1) is 12.1. The average molecular weight is 341 g/mol. The molecular weight excluding hydrogens is 322 g/mol. The first-order valence-electron chi connectivity index (χ1n) is 8.42. The first-order valence-corrected chi connectivity index (χ1v) is 8.42. The number of aromatic nitrogens is 1. The molecule has 3 heterocycles. The number of benzene rings is 1. The molecule has 2 fully saturated rings. The zero-order chi connectivity index (χ0) is 17.4. The van der Waals surface area contributed by atoms with Crippen LogP contribution in [0.2, 0.25) is 0 Å². The Bertz CT molecular complexity index is 799. The number of hydrogen-bond acceptors (Lipinski definition) is 5. The Morgan fingerprint density at radius 1 is 1.24 bits per heavy atom. The number of carbonyl (C=O) groups excluding carboxylic acids is 2. The van der Waals surface area contributed by atoms with E-state index in [0.717, 1.165) is 30.0 Å². The summed E-state index contributed by atoms with van der Waals surface area (Å²) in [5.74, 6) is 0.717. The van der Waals surface area contributed by atoms with Crippen molar-refractivity contribution < 1.29 is 18.8 Å². The maximum absolute atomic E-state index is 12.9. The molecule has 1 atom stereocenters. The first kappa shape index (κ1) is 15.7. The topological polar surface area (TPSA) is 75.9 Å². The summed E-state index contributed by atoms with van der Waals surface area (Å²) < 4.78 is 10.1. The van der Waals surface area contributed by atoms with Crippen molar-refractivity contribution in [2.24, 2.45) is 0 Å². The summed E-state index contributed by atoms with van der Waals surface area (Å²) in [6.45, 7) is 3.48. The summed E-state index contributed by atoms with van der Waals surface area (Å²) in [6, 6.07) is 8.92. The number of ether oxygens (including phenoxy) is 1. The minimum Gasteiger partial charge on any atom is -0.447 e. The smallest absolute Gasteiger partial charge is 0.414 e. The molecule has 25 heavy (non-hydrogen) atoms. The number of rotatable bonds is 3. The van der Waals surface area contributed by atoms with Crippen molar-refractivity contribution >= 4 is 17.7 Å². The highest BCUT2D eigenvalue weighted by Crippen LogP contribution is 2.33. The third kappa shape index (κ3) is 2.86. The fourth-order valence-corrected chi connectivity index (χ4v) is 3.44. The van der Waals surface area contributed by atoms with Crippen molar-refractivity contribution in [3.63, 3.8) is 0 Å². The second-order valence-electron chi connectivity index (χ2n) is 6.33. The second-order valence-corrected chi connectivity index (χ2v) is 6.33. The van der Waals surface area contributed by atoms with Gasteiger partial charge in [0.2, 0.25) is 0 Å². The summed E-state index contributed by atoms with van der Waals surface area (Å²) in [7, 11) is 0. The van der Waals surface area contributed by atoms with Gasteiger partial charge in [0.25, 0.3) is 5.91 Å². The van der Waals surface area contributed by atoms with Gasteiger partial charge in [0, 0.05) is 23.9 Å². The molecule has 1 aromatic carbocycles. The Morgan fingerprint density at radius 2 is 2.04 bits per heavy atom. The lowest BCUT2D eigenvalue weighted by Gasteiger charge is -2.23. The van der Waals surface area contributed by atoms with Crippen LogP contribution in [0.5, 0.6) is 0 Å². The lowest BCUT2D eigenvalue weighted by molar-refractivity contribution is 0.0731. The van der Waals surface area contributed by atoms with Crippen LogP contribution in [0.1, 0.15) is 40.7 Å². The van der Waals surface area contributed by atoms with Gasteiger partial charge in [-0.2, -0.15) is 0 Å². The van der Waals surface area contributed by atoms with E-state index >= 15 is 0 Å². The molecule has 2 saturated heterocycles. The van der Waals surface area contributed by atoms with Crippen molar-refractivity contribution in [1.29, 1.82) is 0 Å². The van der Waals surface area contributed by atoms with E-state index in [1.807, 2.05) is 17.9 Å². The summed E-state index contributed by atoms with van der Waals surface area (Å²) in [4.78, 5) is 27.9. The molecule has 4 rings (SSSR count). The quantitative estimate of drug-likeness (QED) is 0.858. The van der Waals surface area contributed by atoms with Crippen LogP contribution in [0.15, 0.2) is 34.9 Å². The molecule has 0 unspecified atom stereocenters. The van der Waals surface area contributed by atoms with E-state index in [4.69, 9.17) is 9.26 Å². The lowest BCUT2D eigenvalue weighted by Crippen LogP contribution is -2.30. The average Bonchev–Trinajstić information content (AvgIpc) is 3.34. The van der Waals surface area contributed by atoms with Gasteiger partial charge in [0.1, 0.15) is 18.1 Å². The van der Waals surface area contributed by atoms with E-state index in [-0.39, 0.29) is 18.0 Å².